The van der Waals surface area contributed by atoms with Crippen molar-refractivity contribution in [1.82, 2.24) is 0 Å². The van der Waals surface area contributed by atoms with Gasteiger partial charge in [-0.05, 0) is 61.0 Å². The van der Waals surface area contributed by atoms with Gasteiger partial charge in [0.15, 0.2) is 0 Å². The van der Waals surface area contributed by atoms with Crippen molar-refractivity contribution < 1.29 is 24.2 Å². The Morgan fingerprint density at radius 2 is 1.39 bits per heavy atom. The molecule has 0 saturated heterocycles. The van der Waals surface area contributed by atoms with Gasteiger partial charge in [-0.15, -0.1) is 46.2 Å². The number of hydrogen-bond acceptors (Lipinski definition) is 11. The molecule has 9 N–H and O–H groups in total. The molecule has 0 aliphatic carbocycles. The average Bonchev–Trinajstić information content (AvgIpc) is 3.62. The summed E-state index contributed by atoms with van der Waals surface area (Å²) in [5.74, 6) is 0.718. The van der Waals surface area contributed by atoms with Crippen molar-refractivity contribution in [2.75, 3.05) is 37.4 Å². The Balaban J connectivity index is 0.000000241. The van der Waals surface area contributed by atoms with Gasteiger partial charge in [0, 0.05) is 11.1 Å². The molecule has 2 aromatic carbocycles. The van der Waals surface area contributed by atoms with Gasteiger partial charge in [0.2, 0.25) is 5.91 Å². The lowest BCUT2D eigenvalue weighted by Gasteiger charge is -2.08. The zero-order valence-electron chi connectivity index (χ0n) is 24.3. The van der Waals surface area contributed by atoms with Crippen LogP contribution in [0, 0.1) is 10.8 Å². The number of amidine groups is 2. The molecule has 11 nitrogen and oxygen atoms in total. The predicted molar refractivity (Wildman–Crippen MR) is 182 cm³/mol. The van der Waals surface area contributed by atoms with E-state index in [1.54, 1.807) is 55.6 Å². The Labute approximate surface area is 271 Å². The Morgan fingerprint density at radius 3 is 1.91 bits per heavy atom. The standard InChI is InChI=1S/C15H17N3O3S2.C14H15N3O2S2/c1-21-9-3-4-11(19)8(5-9)6-13(20)18-10-7-12(14(16)17)23-15(10)22-2;1-19-9-5-3-4-8(6-9)13(18)17-10-7-11(12(15)16)21-14(10)20-2/h3-5,7,19H,6H2,1-2H3,(H3,16,17)(H,18,20);3-7H,1-2H3,(H3,15,16)(H,17,18). The number of nitrogens with one attached hydrogen (secondary N) is 4. The number of methoxy groups -OCH3 is 2. The summed E-state index contributed by atoms with van der Waals surface area (Å²) < 4.78 is 12.0. The number of anilines is 2. The smallest absolute Gasteiger partial charge is 0.255 e. The van der Waals surface area contributed by atoms with Gasteiger partial charge in [-0.3, -0.25) is 20.4 Å². The summed E-state index contributed by atoms with van der Waals surface area (Å²) >= 11 is 5.72. The number of phenols is 1. The van der Waals surface area contributed by atoms with Crippen LogP contribution in [-0.4, -0.2) is 55.3 Å². The fourth-order valence-electron chi connectivity index (χ4n) is 3.65. The van der Waals surface area contributed by atoms with Crippen molar-refractivity contribution in [1.29, 1.82) is 10.8 Å². The average molecular weight is 673 g/mol. The first-order chi connectivity index (χ1) is 21.0. The molecule has 0 radical (unpaired) electrons. The van der Waals surface area contributed by atoms with E-state index >= 15 is 0 Å². The minimum Gasteiger partial charge on any atom is -0.508 e. The molecule has 0 spiro atoms. The number of carbonyl (C=O) groups excluding carboxylic acids is 2. The molecule has 15 heteroatoms. The molecule has 232 valence electrons. The number of ether oxygens (including phenoxy) is 2. The predicted octanol–water partition coefficient (Wildman–Crippen LogP) is 5.66. The fourth-order valence-corrected chi connectivity index (χ4v) is 6.93. The number of aromatic hydroxyl groups is 1. The molecule has 0 unspecified atom stereocenters. The van der Waals surface area contributed by atoms with E-state index in [4.69, 9.17) is 31.8 Å². The van der Waals surface area contributed by atoms with E-state index in [1.807, 2.05) is 12.5 Å². The second-order valence-electron chi connectivity index (χ2n) is 8.76. The highest BCUT2D eigenvalue weighted by Crippen LogP contribution is 2.36. The third-order valence-electron chi connectivity index (χ3n) is 5.79. The zero-order chi connectivity index (χ0) is 32.4. The van der Waals surface area contributed by atoms with Crippen LogP contribution in [0.3, 0.4) is 0 Å². The number of benzene rings is 2. The second-order valence-corrected chi connectivity index (χ2v) is 13.0. The number of rotatable bonds is 11. The maximum absolute atomic E-state index is 12.3. The Kier molecular flexibility index (Phi) is 12.5. The van der Waals surface area contributed by atoms with E-state index in [-0.39, 0.29) is 35.7 Å². The molecule has 44 heavy (non-hydrogen) atoms. The third kappa shape index (κ3) is 9.16. The highest BCUT2D eigenvalue weighted by molar-refractivity contribution is 8.00. The Bertz CT molecular complexity index is 1670. The second kappa shape index (κ2) is 16.0. The summed E-state index contributed by atoms with van der Waals surface area (Å²) in [7, 11) is 3.08. The molecular formula is C29H32N6O5S4. The molecule has 2 amide bonds. The van der Waals surface area contributed by atoms with Gasteiger partial charge in [-0.25, -0.2) is 0 Å². The lowest BCUT2D eigenvalue weighted by Crippen LogP contribution is -2.14. The van der Waals surface area contributed by atoms with Crippen molar-refractivity contribution in [3.05, 3.63) is 75.5 Å². The van der Waals surface area contributed by atoms with E-state index in [2.05, 4.69) is 10.6 Å². The number of amides is 2. The Hall–Kier alpha value is -4.18. The molecule has 2 heterocycles. The molecule has 0 bridgehead atoms. The Morgan fingerprint density at radius 1 is 0.841 bits per heavy atom. The molecule has 0 aliphatic rings. The van der Waals surface area contributed by atoms with Crippen LogP contribution >= 0.6 is 46.2 Å². The molecule has 0 aliphatic heterocycles. The van der Waals surface area contributed by atoms with E-state index in [9.17, 15) is 14.7 Å². The molecule has 2 aromatic heterocycles. The number of thioether (sulfide) groups is 2. The first kappa shape index (κ1) is 34.3. The van der Waals surface area contributed by atoms with Crippen LogP contribution in [0.25, 0.3) is 0 Å². The first-order valence-corrected chi connectivity index (χ1v) is 16.7. The van der Waals surface area contributed by atoms with Gasteiger partial charge in [0.1, 0.15) is 28.9 Å². The lowest BCUT2D eigenvalue weighted by atomic mass is 10.1. The summed E-state index contributed by atoms with van der Waals surface area (Å²) in [4.78, 5) is 25.7. The van der Waals surface area contributed by atoms with Crippen LogP contribution < -0.4 is 31.6 Å². The topological polar surface area (TPSA) is 197 Å². The van der Waals surface area contributed by atoms with E-state index in [1.165, 1.54) is 59.4 Å². The van der Waals surface area contributed by atoms with E-state index < -0.39 is 0 Å². The summed E-state index contributed by atoms with van der Waals surface area (Å²) in [6.07, 6.45) is 3.82. The maximum atomic E-state index is 12.3. The normalized spacial score (nSPS) is 10.3. The van der Waals surface area contributed by atoms with Crippen LogP contribution in [0.4, 0.5) is 11.4 Å². The van der Waals surface area contributed by atoms with Crippen molar-refractivity contribution in [3.8, 4) is 17.2 Å². The van der Waals surface area contributed by atoms with Gasteiger partial charge in [-0.2, -0.15) is 0 Å². The molecule has 4 aromatic rings. The van der Waals surface area contributed by atoms with Crippen molar-refractivity contribution in [2.24, 2.45) is 11.5 Å². The van der Waals surface area contributed by atoms with Gasteiger partial charge in [-0.1, -0.05) is 6.07 Å². The van der Waals surface area contributed by atoms with Crippen molar-refractivity contribution >= 4 is 81.1 Å². The van der Waals surface area contributed by atoms with Crippen LogP contribution in [-0.2, 0) is 11.2 Å². The zero-order valence-corrected chi connectivity index (χ0v) is 27.5. The monoisotopic (exact) mass is 672 g/mol. The van der Waals surface area contributed by atoms with Crippen LogP contribution in [0.2, 0.25) is 0 Å². The molecule has 0 atom stereocenters. The molecule has 0 saturated carbocycles. The summed E-state index contributed by atoms with van der Waals surface area (Å²) in [6, 6.07) is 15.1. The van der Waals surface area contributed by atoms with Gasteiger partial charge in [0.05, 0.1) is 50.2 Å². The van der Waals surface area contributed by atoms with E-state index in [0.29, 0.717) is 43.8 Å². The van der Waals surface area contributed by atoms with Crippen molar-refractivity contribution in [3.63, 3.8) is 0 Å². The van der Waals surface area contributed by atoms with Crippen LogP contribution in [0.5, 0.6) is 17.2 Å². The minimum atomic E-state index is -0.267. The number of carbonyl (C=O) groups is 2. The van der Waals surface area contributed by atoms with E-state index in [0.717, 1.165) is 8.42 Å². The maximum Gasteiger partial charge on any atom is 0.255 e. The van der Waals surface area contributed by atoms with Crippen LogP contribution in [0.1, 0.15) is 25.7 Å². The highest BCUT2D eigenvalue weighted by Gasteiger charge is 2.16. The summed E-state index contributed by atoms with van der Waals surface area (Å²) in [6.45, 7) is 0. The SMILES string of the molecule is COc1ccc(O)c(CC(=O)Nc2cc(C(=N)N)sc2SC)c1.COc1cccc(C(=O)Nc2cc(C(=N)N)sc2SC)c1. The van der Waals surface area contributed by atoms with Gasteiger partial charge in [0.25, 0.3) is 5.91 Å². The quantitative estimate of drug-likeness (QED) is 0.0597. The summed E-state index contributed by atoms with van der Waals surface area (Å²) in [5.41, 5.74) is 13.3. The molecular weight excluding hydrogens is 641 g/mol. The highest BCUT2D eigenvalue weighted by atomic mass is 32.2. The van der Waals surface area contributed by atoms with Crippen molar-refractivity contribution in [2.45, 2.75) is 14.8 Å². The van der Waals surface area contributed by atoms with Gasteiger partial charge >= 0.3 is 0 Å². The molecule has 4 rings (SSSR count). The van der Waals surface area contributed by atoms with Gasteiger partial charge < -0.3 is 36.7 Å². The fraction of sp³-hybridized carbons (Fsp3) is 0.172. The number of thiophene rings is 2. The minimum absolute atomic E-state index is 0.00261. The number of nitrogen functional groups attached to an aromatic ring is 2. The molecule has 0 fully saturated rings. The lowest BCUT2D eigenvalue weighted by molar-refractivity contribution is -0.115. The summed E-state index contributed by atoms with van der Waals surface area (Å²) in [5, 5.41) is 30.4. The number of phenolic OH excluding ortho intramolecular Hbond substituents is 1. The third-order valence-corrected chi connectivity index (χ3v) is 10.4. The number of nitrogens with two attached hydrogens (primary N) is 2. The van der Waals surface area contributed by atoms with Crippen LogP contribution in [0.15, 0.2) is 63.0 Å². The first-order valence-electron chi connectivity index (χ1n) is 12.6. The largest absolute Gasteiger partial charge is 0.508 e. The number of hydrogen-bond donors (Lipinski definition) is 7.